The Morgan fingerprint density at radius 3 is 2.42 bits per heavy atom. The maximum Gasteiger partial charge on any atom is 0.228 e. The number of carbonyl (C=O) groups is 1. The van der Waals surface area contributed by atoms with Gasteiger partial charge in [-0.25, -0.2) is 0 Å². The van der Waals surface area contributed by atoms with E-state index in [2.05, 4.69) is 31.4 Å². The lowest BCUT2D eigenvalue weighted by atomic mass is 10.2. The first-order valence-electron chi connectivity index (χ1n) is 9.02. The number of aromatic nitrogens is 2. The van der Waals surface area contributed by atoms with E-state index in [9.17, 15) is 4.79 Å². The summed E-state index contributed by atoms with van der Waals surface area (Å²) in [7, 11) is 1.70. The number of para-hydroxylation sites is 2. The van der Waals surface area contributed by atoms with Crippen LogP contribution in [-0.4, -0.2) is 49.4 Å². The molecule has 0 unspecified atom stereocenters. The van der Waals surface area contributed by atoms with Gasteiger partial charge in [-0.1, -0.05) is 12.1 Å². The molecule has 7 heteroatoms. The highest BCUT2D eigenvalue weighted by Crippen LogP contribution is 2.30. The van der Waals surface area contributed by atoms with E-state index in [0.29, 0.717) is 5.82 Å². The number of nitrogens with zero attached hydrogens (tertiary/aromatic N) is 4. The van der Waals surface area contributed by atoms with Gasteiger partial charge < -0.3 is 19.9 Å². The summed E-state index contributed by atoms with van der Waals surface area (Å²) in [6, 6.07) is 11.8. The van der Waals surface area contributed by atoms with Crippen LogP contribution in [0, 0.1) is 5.92 Å². The number of piperazine rings is 1. The molecule has 26 heavy (non-hydrogen) atoms. The third-order valence-electron chi connectivity index (χ3n) is 4.88. The summed E-state index contributed by atoms with van der Waals surface area (Å²) in [6.45, 7) is 3.51. The third kappa shape index (κ3) is 3.56. The van der Waals surface area contributed by atoms with Crippen LogP contribution in [0.4, 0.5) is 17.3 Å². The molecule has 0 radical (unpaired) electrons. The number of amides is 1. The Balaban J connectivity index is 1.36. The number of carbonyl (C=O) groups excluding carboxylic acids is 1. The lowest BCUT2D eigenvalue weighted by Crippen LogP contribution is -2.47. The molecule has 1 aromatic carbocycles. The topological polar surface area (TPSA) is 70.6 Å². The Hall–Kier alpha value is -2.83. The first-order chi connectivity index (χ1) is 12.7. The largest absolute Gasteiger partial charge is 0.495 e. The van der Waals surface area contributed by atoms with E-state index in [1.54, 1.807) is 7.11 Å². The predicted octanol–water partition coefficient (Wildman–Crippen LogP) is 2.16. The summed E-state index contributed by atoms with van der Waals surface area (Å²) < 4.78 is 5.46. The van der Waals surface area contributed by atoms with Crippen molar-refractivity contribution < 1.29 is 9.53 Å². The lowest BCUT2D eigenvalue weighted by Gasteiger charge is -2.37. The van der Waals surface area contributed by atoms with Crippen molar-refractivity contribution in [1.29, 1.82) is 0 Å². The van der Waals surface area contributed by atoms with Gasteiger partial charge in [-0.2, -0.15) is 0 Å². The van der Waals surface area contributed by atoms with Crippen molar-refractivity contribution in [2.45, 2.75) is 12.8 Å². The van der Waals surface area contributed by atoms with Crippen LogP contribution < -0.4 is 19.9 Å². The molecule has 1 aromatic heterocycles. The highest BCUT2D eigenvalue weighted by atomic mass is 16.5. The fourth-order valence-corrected chi connectivity index (χ4v) is 3.20. The van der Waals surface area contributed by atoms with Crippen LogP contribution >= 0.6 is 0 Å². The predicted molar refractivity (Wildman–Crippen MR) is 101 cm³/mol. The van der Waals surface area contributed by atoms with Gasteiger partial charge in [0.15, 0.2) is 11.6 Å². The van der Waals surface area contributed by atoms with Gasteiger partial charge >= 0.3 is 0 Å². The average Bonchev–Trinajstić information content (AvgIpc) is 3.54. The van der Waals surface area contributed by atoms with Gasteiger partial charge in [-0.3, -0.25) is 4.79 Å². The number of anilines is 3. The summed E-state index contributed by atoms with van der Waals surface area (Å²) in [5.74, 6) is 2.49. The molecule has 0 atom stereocenters. The van der Waals surface area contributed by atoms with E-state index in [1.165, 1.54) is 0 Å². The summed E-state index contributed by atoms with van der Waals surface area (Å²) in [6.07, 6.45) is 1.96. The minimum Gasteiger partial charge on any atom is -0.495 e. The maximum absolute atomic E-state index is 11.8. The standard InChI is InChI=1S/C19H23N5O2/c1-26-16-5-3-2-4-15(16)23-10-12-24(13-11-23)18-9-8-17(21-22-18)20-19(25)14-6-7-14/h2-5,8-9,14H,6-7,10-13H2,1H3,(H,20,21,25). The molecule has 2 heterocycles. The van der Waals surface area contributed by atoms with Gasteiger partial charge in [0.1, 0.15) is 5.75 Å². The molecule has 136 valence electrons. The van der Waals surface area contributed by atoms with Crippen molar-refractivity contribution in [3.8, 4) is 5.75 Å². The molecule has 1 amide bonds. The van der Waals surface area contributed by atoms with Gasteiger partial charge in [-0.05, 0) is 37.1 Å². The molecule has 2 aliphatic rings. The number of rotatable bonds is 5. The van der Waals surface area contributed by atoms with Gasteiger partial charge in [-0.15, -0.1) is 10.2 Å². The number of hydrogen-bond acceptors (Lipinski definition) is 6. The SMILES string of the molecule is COc1ccccc1N1CCN(c2ccc(NC(=O)C3CC3)nn2)CC1. The smallest absolute Gasteiger partial charge is 0.228 e. The maximum atomic E-state index is 11.8. The average molecular weight is 353 g/mol. The Labute approximate surface area is 153 Å². The number of benzene rings is 1. The highest BCUT2D eigenvalue weighted by Gasteiger charge is 2.30. The van der Waals surface area contributed by atoms with E-state index in [-0.39, 0.29) is 11.8 Å². The molecule has 1 aliphatic carbocycles. The van der Waals surface area contributed by atoms with Crippen LogP contribution in [0.15, 0.2) is 36.4 Å². The van der Waals surface area contributed by atoms with E-state index in [4.69, 9.17) is 4.74 Å². The van der Waals surface area contributed by atoms with E-state index >= 15 is 0 Å². The van der Waals surface area contributed by atoms with E-state index in [0.717, 1.165) is 56.3 Å². The van der Waals surface area contributed by atoms with Crippen LogP contribution in [-0.2, 0) is 4.79 Å². The first-order valence-corrected chi connectivity index (χ1v) is 9.02. The van der Waals surface area contributed by atoms with Crippen molar-refractivity contribution in [2.75, 3.05) is 48.4 Å². The second-order valence-corrected chi connectivity index (χ2v) is 6.69. The molecule has 2 fully saturated rings. The molecule has 1 saturated heterocycles. The van der Waals surface area contributed by atoms with Gasteiger partial charge in [0.25, 0.3) is 0 Å². The van der Waals surface area contributed by atoms with Crippen molar-refractivity contribution in [1.82, 2.24) is 10.2 Å². The fraction of sp³-hybridized carbons (Fsp3) is 0.421. The quantitative estimate of drug-likeness (QED) is 0.888. The normalized spacial score (nSPS) is 17.1. The Bertz CT molecular complexity index is 768. The molecule has 0 bridgehead atoms. The number of ether oxygens (including phenoxy) is 1. The Morgan fingerprint density at radius 1 is 1.04 bits per heavy atom. The summed E-state index contributed by atoms with van der Waals surface area (Å²) in [5, 5.41) is 11.3. The minimum atomic E-state index is 0.0532. The first kappa shape index (κ1) is 16.6. The zero-order valence-corrected chi connectivity index (χ0v) is 14.9. The monoisotopic (exact) mass is 353 g/mol. The van der Waals surface area contributed by atoms with Crippen LogP contribution in [0.1, 0.15) is 12.8 Å². The number of methoxy groups -OCH3 is 1. The second-order valence-electron chi connectivity index (χ2n) is 6.69. The highest BCUT2D eigenvalue weighted by molar-refractivity contribution is 5.93. The lowest BCUT2D eigenvalue weighted by molar-refractivity contribution is -0.117. The summed E-state index contributed by atoms with van der Waals surface area (Å²) >= 11 is 0. The van der Waals surface area contributed by atoms with Crippen LogP contribution in [0.2, 0.25) is 0 Å². The number of nitrogens with one attached hydrogen (secondary N) is 1. The van der Waals surface area contributed by atoms with Crippen molar-refractivity contribution in [3.05, 3.63) is 36.4 Å². The zero-order valence-electron chi connectivity index (χ0n) is 14.9. The molecule has 1 N–H and O–H groups in total. The van der Waals surface area contributed by atoms with Crippen LogP contribution in [0.25, 0.3) is 0 Å². The molecule has 4 rings (SSSR count). The molecule has 0 spiro atoms. The van der Waals surface area contributed by atoms with Crippen molar-refractivity contribution in [3.63, 3.8) is 0 Å². The fourth-order valence-electron chi connectivity index (χ4n) is 3.20. The number of hydrogen-bond donors (Lipinski definition) is 1. The Kier molecular flexibility index (Phi) is 4.60. The summed E-state index contributed by atoms with van der Waals surface area (Å²) in [4.78, 5) is 16.3. The summed E-state index contributed by atoms with van der Waals surface area (Å²) in [5.41, 5.74) is 1.12. The van der Waals surface area contributed by atoms with Gasteiger partial charge in [0, 0.05) is 32.1 Å². The molecular formula is C19H23N5O2. The van der Waals surface area contributed by atoms with Crippen molar-refractivity contribution in [2.24, 2.45) is 5.92 Å². The molecule has 7 nitrogen and oxygen atoms in total. The van der Waals surface area contributed by atoms with Gasteiger partial charge in [0.2, 0.25) is 5.91 Å². The minimum absolute atomic E-state index is 0.0532. The molecule has 1 saturated carbocycles. The third-order valence-corrected chi connectivity index (χ3v) is 4.88. The van der Waals surface area contributed by atoms with Crippen LogP contribution in [0.5, 0.6) is 5.75 Å². The molecule has 1 aliphatic heterocycles. The van der Waals surface area contributed by atoms with Crippen LogP contribution in [0.3, 0.4) is 0 Å². The van der Waals surface area contributed by atoms with E-state index < -0.39 is 0 Å². The van der Waals surface area contributed by atoms with E-state index in [1.807, 2.05) is 30.3 Å². The second kappa shape index (κ2) is 7.19. The zero-order chi connectivity index (χ0) is 17.9. The Morgan fingerprint density at radius 2 is 1.77 bits per heavy atom. The molecule has 2 aromatic rings. The molecular weight excluding hydrogens is 330 g/mol. The van der Waals surface area contributed by atoms with Crippen molar-refractivity contribution >= 4 is 23.2 Å². The van der Waals surface area contributed by atoms with Gasteiger partial charge in [0.05, 0.1) is 12.8 Å².